The molecule has 3 fully saturated rings. The zero-order chi connectivity index (χ0) is 29.5. The fourth-order valence-corrected chi connectivity index (χ4v) is 7.52. The lowest BCUT2D eigenvalue weighted by Crippen LogP contribution is -2.43. The van der Waals surface area contributed by atoms with Gasteiger partial charge in [-0.25, -0.2) is 18.2 Å². The van der Waals surface area contributed by atoms with Crippen LogP contribution in [0, 0.1) is 24.0 Å². The van der Waals surface area contributed by atoms with Crippen LogP contribution in [0.4, 0.5) is 19.0 Å². The molecule has 3 atom stereocenters. The van der Waals surface area contributed by atoms with Gasteiger partial charge < -0.3 is 19.5 Å². The summed E-state index contributed by atoms with van der Waals surface area (Å²) in [6.45, 7) is 2.38. The lowest BCUT2D eigenvalue weighted by molar-refractivity contribution is 0.107. The molecule has 43 heavy (non-hydrogen) atoms. The maximum atomic E-state index is 16.8. The first kappa shape index (κ1) is 26.3. The molecule has 0 amide bonds. The number of nitrogens with zero attached hydrogens (tertiary/aromatic N) is 5. The lowest BCUT2D eigenvalue weighted by Gasteiger charge is -2.31. The Morgan fingerprint density at radius 3 is 2.88 bits per heavy atom. The number of alkyl halides is 1. The number of aromatic hydroxyl groups is 1. The second-order valence-corrected chi connectivity index (χ2v) is 12.0. The first-order valence-electron chi connectivity index (χ1n) is 14.6. The van der Waals surface area contributed by atoms with Gasteiger partial charge >= 0.3 is 6.01 Å². The van der Waals surface area contributed by atoms with Crippen LogP contribution in [0.15, 0.2) is 24.3 Å². The minimum Gasteiger partial charge on any atom is -0.508 e. The highest BCUT2D eigenvalue weighted by Crippen LogP contribution is 2.45. The van der Waals surface area contributed by atoms with E-state index in [1.807, 2.05) is 0 Å². The molecule has 1 N–H and O–H groups in total. The SMILES string of the molecule is C#Cc1c(F)ccc2cc(O)cc(-c3nc4c5c(nc(OC[C@@]67CCCN6CC(F)C7)nc5c3F)N3CCC[C@H]3CO4)c12. The second-order valence-electron chi connectivity index (χ2n) is 12.0. The first-order chi connectivity index (χ1) is 20.8. The van der Waals surface area contributed by atoms with Gasteiger partial charge in [-0.2, -0.15) is 9.97 Å². The predicted octanol–water partition coefficient (Wildman–Crippen LogP) is 5.13. The average molecular weight is 588 g/mol. The van der Waals surface area contributed by atoms with Crippen molar-refractivity contribution in [1.82, 2.24) is 19.9 Å². The van der Waals surface area contributed by atoms with E-state index in [1.54, 1.807) is 0 Å². The molecule has 8 rings (SSSR count). The van der Waals surface area contributed by atoms with Crippen LogP contribution in [0.3, 0.4) is 0 Å². The standard InChI is InChI=1S/C32H28F3N5O3/c1-2-21-23(34)7-6-17-11-20(41)12-22(24(17)21)27-26(35)28-25-29(40-10-3-5-19(40)15-42-30(25)36-27)38-31(37-28)43-16-32-8-4-9-39(32)14-18(33)13-32/h1,6-7,11-12,18-19,41H,3-5,8-10,13-16H2/t18?,19-,32-/m0/s1. The highest BCUT2D eigenvalue weighted by molar-refractivity contribution is 6.04. The van der Waals surface area contributed by atoms with Crippen molar-refractivity contribution < 1.29 is 27.8 Å². The quantitative estimate of drug-likeness (QED) is 0.330. The number of fused-ring (bicyclic) bond motifs is 4. The third-order valence-corrected chi connectivity index (χ3v) is 9.46. The van der Waals surface area contributed by atoms with Crippen LogP contribution < -0.4 is 14.4 Å². The molecule has 0 aliphatic carbocycles. The minimum atomic E-state index is -0.919. The molecule has 0 radical (unpaired) electrons. The van der Waals surface area contributed by atoms with Crippen LogP contribution in [0.5, 0.6) is 17.6 Å². The molecule has 6 heterocycles. The summed E-state index contributed by atoms with van der Waals surface area (Å²) in [6.07, 6.45) is 8.68. The van der Waals surface area contributed by atoms with Crippen molar-refractivity contribution in [1.29, 1.82) is 0 Å². The molecule has 3 saturated heterocycles. The van der Waals surface area contributed by atoms with Crippen molar-refractivity contribution in [2.75, 3.05) is 37.7 Å². The van der Waals surface area contributed by atoms with Gasteiger partial charge in [-0.15, -0.1) is 6.42 Å². The van der Waals surface area contributed by atoms with E-state index >= 15 is 4.39 Å². The molecule has 4 aliphatic rings. The van der Waals surface area contributed by atoms with Crippen molar-refractivity contribution in [3.8, 4) is 41.2 Å². The molecular formula is C32H28F3N5O3. The smallest absolute Gasteiger partial charge is 0.319 e. The first-order valence-corrected chi connectivity index (χ1v) is 14.6. The van der Waals surface area contributed by atoms with Gasteiger partial charge in [0.25, 0.3) is 0 Å². The Bertz CT molecular complexity index is 1860. The van der Waals surface area contributed by atoms with Gasteiger partial charge in [0.05, 0.1) is 17.1 Å². The van der Waals surface area contributed by atoms with Crippen LogP contribution in [-0.4, -0.2) is 75.6 Å². The number of terminal acetylenes is 1. The molecule has 1 unspecified atom stereocenters. The summed E-state index contributed by atoms with van der Waals surface area (Å²) in [4.78, 5) is 18.1. The Balaban J connectivity index is 1.33. The number of halogens is 3. The number of ether oxygens (including phenoxy) is 2. The van der Waals surface area contributed by atoms with E-state index in [9.17, 15) is 13.9 Å². The number of benzene rings is 2. The molecule has 8 nitrogen and oxygen atoms in total. The van der Waals surface area contributed by atoms with Gasteiger partial charge in [0, 0.05) is 30.5 Å². The molecule has 4 aromatic rings. The number of rotatable bonds is 4. The van der Waals surface area contributed by atoms with Crippen molar-refractivity contribution in [2.24, 2.45) is 0 Å². The summed E-state index contributed by atoms with van der Waals surface area (Å²) in [7, 11) is 0. The van der Waals surface area contributed by atoms with Crippen molar-refractivity contribution in [3.05, 3.63) is 41.5 Å². The van der Waals surface area contributed by atoms with Crippen molar-refractivity contribution >= 4 is 27.5 Å². The molecule has 2 aromatic carbocycles. The highest BCUT2D eigenvalue weighted by Gasteiger charge is 2.49. The summed E-state index contributed by atoms with van der Waals surface area (Å²) < 4.78 is 58.3. The summed E-state index contributed by atoms with van der Waals surface area (Å²) in [5.74, 6) is 1.34. The second kappa shape index (κ2) is 9.61. The molecule has 220 valence electrons. The van der Waals surface area contributed by atoms with E-state index in [-0.39, 0.29) is 58.0 Å². The molecule has 0 bridgehead atoms. The van der Waals surface area contributed by atoms with E-state index in [4.69, 9.17) is 20.9 Å². The number of hydrogen-bond acceptors (Lipinski definition) is 8. The Labute approximate surface area is 245 Å². The van der Waals surface area contributed by atoms with Gasteiger partial charge in [0.1, 0.15) is 53.4 Å². The molecule has 2 aromatic heterocycles. The Kier molecular flexibility index (Phi) is 5.88. The molecule has 11 heteroatoms. The Morgan fingerprint density at radius 1 is 1.14 bits per heavy atom. The largest absolute Gasteiger partial charge is 0.508 e. The fraction of sp³-hybridized carbons (Fsp3) is 0.406. The summed E-state index contributed by atoms with van der Waals surface area (Å²) >= 11 is 0. The topological polar surface area (TPSA) is 83.8 Å². The molecule has 4 aliphatic heterocycles. The van der Waals surface area contributed by atoms with Crippen molar-refractivity contribution in [2.45, 2.75) is 49.9 Å². The maximum absolute atomic E-state index is 16.8. The maximum Gasteiger partial charge on any atom is 0.319 e. The lowest BCUT2D eigenvalue weighted by atomic mass is 9.95. The van der Waals surface area contributed by atoms with Gasteiger partial charge in [-0.1, -0.05) is 12.0 Å². The normalized spacial score (nSPS) is 24.6. The number of phenolic OH excluding ortho intramolecular Hbond substituents is 1. The number of aromatic nitrogens is 3. The van der Waals surface area contributed by atoms with E-state index in [2.05, 4.69) is 25.7 Å². The van der Waals surface area contributed by atoms with Crippen LogP contribution in [0.2, 0.25) is 0 Å². The third kappa shape index (κ3) is 3.99. The molecule has 0 saturated carbocycles. The van der Waals surface area contributed by atoms with Gasteiger partial charge in [-0.05, 0) is 55.8 Å². The van der Waals surface area contributed by atoms with E-state index in [0.717, 1.165) is 32.2 Å². The molecule has 0 spiro atoms. The van der Waals surface area contributed by atoms with Crippen molar-refractivity contribution in [3.63, 3.8) is 0 Å². The highest BCUT2D eigenvalue weighted by atomic mass is 19.1. The van der Waals surface area contributed by atoms with Gasteiger partial charge in [0.2, 0.25) is 5.88 Å². The molecular weight excluding hydrogens is 559 g/mol. The number of pyridine rings is 1. The minimum absolute atomic E-state index is 0.00134. The Morgan fingerprint density at radius 2 is 2.02 bits per heavy atom. The average Bonchev–Trinajstić information content (AvgIpc) is 3.67. The summed E-state index contributed by atoms with van der Waals surface area (Å²) in [6, 6.07) is 5.40. The Hall–Kier alpha value is -4.30. The monoisotopic (exact) mass is 587 g/mol. The predicted molar refractivity (Wildman–Crippen MR) is 154 cm³/mol. The number of anilines is 1. The zero-order valence-corrected chi connectivity index (χ0v) is 23.2. The summed E-state index contributed by atoms with van der Waals surface area (Å²) in [5, 5.41) is 11.5. The zero-order valence-electron chi connectivity index (χ0n) is 23.2. The van der Waals surface area contributed by atoms with Crippen LogP contribution in [0.25, 0.3) is 32.9 Å². The number of hydrogen-bond donors (Lipinski definition) is 1. The van der Waals surface area contributed by atoms with Gasteiger partial charge in [-0.3, -0.25) is 4.90 Å². The van der Waals surface area contributed by atoms with Gasteiger partial charge in [0.15, 0.2) is 5.82 Å². The third-order valence-electron chi connectivity index (χ3n) is 9.46. The van der Waals surface area contributed by atoms with E-state index in [1.165, 1.54) is 24.3 Å². The van der Waals surface area contributed by atoms with Crippen LogP contribution >= 0.6 is 0 Å². The van der Waals surface area contributed by atoms with Crippen LogP contribution in [-0.2, 0) is 0 Å². The fourth-order valence-electron chi connectivity index (χ4n) is 7.52. The van der Waals surface area contributed by atoms with E-state index < -0.39 is 23.3 Å². The van der Waals surface area contributed by atoms with Crippen LogP contribution in [0.1, 0.15) is 37.7 Å². The van der Waals surface area contributed by atoms with E-state index in [0.29, 0.717) is 42.7 Å². The number of phenols is 1. The summed E-state index contributed by atoms with van der Waals surface area (Å²) in [5.41, 5.74) is -0.668.